The molecule has 0 radical (unpaired) electrons. The molecule has 1 fully saturated rings. The second-order valence-electron chi connectivity index (χ2n) is 5.24. The molecule has 1 rings (SSSR count). The minimum Gasteiger partial charge on any atom is -0.467 e. The fourth-order valence-corrected chi connectivity index (χ4v) is 2.00. The van der Waals surface area contributed by atoms with E-state index in [1.807, 2.05) is 18.7 Å². The van der Waals surface area contributed by atoms with Gasteiger partial charge in [0.25, 0.3) is 0 Å². The molecular formula is C14H26N2O5. The summed E-state index contributed by atoms with van der Waals surface area (Å²) in [6.07, 6.45) is 0.401. The summed E-state index contributed by atoms with van der Waals surface area (Å²) < 4.78 is 15.4. The van der Waals surface area contributed by atoms with Gasteiger partial charge in [0.15, 0.2) is 6.10 Å². The largest absolute Gasteiger partial charge is 0.467 e. The Kier molecular flexibility index (Phi) is 8.26. The molecule has 0 aromatic heterocycles. The summed E-state index contributed by atoms with van der Waals surface area (Å²) in [5, 5.41) is 2.84. The number of carbonyl (C=O) groups is 2. The Morgan fingerprint density at radius 2 is 2.19 bits per heavy atom. The zero-order chi connectivity index (χ0) is 15.7. The van der Waals surface area contributed by atoms with E-state index in [0.717, 1.165) is 6.42 Å². The van der Waals surface area contributed by atoms with Crippen LogP contribution in [0.2, 0.25) is 0 Å². The number of nitrogens with zero attached hydrogens (tertiary/aromatic N) is 1. The van der Waals surface area contributed by atoms with Gasteiger partial charge in [-0.25, -0.2) is 4.79 Å². The van der Waals surface area contributed by atoms with Crippen LogP contribution in [0.25, 0.3) is 0 Å². The van der Waals surface area contributed by atoms with E-state index in [0.29, 0.717) is 32.8 Å². The predicted octanol–water partition coefficient (Wildman–Crippen LogP) is -0.208. The van der Waals surface area contributed by atoms with Crippen LogP contribution in [0.15, 0.2) is 0 Å². The number of methoxy groups -OCH3 is 1. The number of ether oxygens (including phenoxy) is 3. The average molecular weight is 302 g/mol. The molecule has 7 nitrogen and oxygen atoms in total. The van der Waals surface area contributed by atoms with Crippen molar-refractivity contribution in [3.05, 3.63) is 0 Å². The molecule has 0 spiro atoms. The third kappa shape index (κ3) is 7.40. The minimum atomic E-state index is -0.601. The molecular weight excluding hydrogens is 276 g/mol. The Morgan fingerprint density at radius 3 is 2.86 bits per heavy atom. The van der Waals surface area contributed by atoms with Crippen LogP contribution >= 0.6 is 0 Å². The maximum absolute atomic E-state index is 11.8. The van der Waals surface area contributed by atoms with E-state index in [1.54, 1.807) is 0 Å². The third-order valence-corrected chi connectivity index (χ3v) is 3.08. The Bertz CT molecular complexity index is 335. The van der Waals surface area contributed by atoms with E-state index in [9.17, 15) is 9.59 Å². The molecule has 1 atom stereocenters. The molecule has 1 saturated heterocycles. The summed E-state index contributed by atoms with van der Waals surface area (Å²) in [5.74, 6) is -0.448. The van der Waals surface area contributed by atoms with Crippen LogP contribution in [0.3, 0.4) is 0 Å². The van der Waals surface area contributed by atoms with Crippen LogP contribution in [0.4, 0.5) is 0 Å². The van der Waals surface area contributed by atoms with Gasteiger partial charge in [-0.15, -0.1) is 0 Å². The second-order valence-corrected chi connectivity index (χ2v) is 5.24. The first kappa shape index (κ1) is 17.9. The van der Waals surface area contributed by atoms with Gasteiger partial charge >= 0.3 is 5.97 Å². The van der Waals surface area contributed by atoms with Gasteiger partial charge in [-0.2, -0.15) is 0 Å². The first-order valence-electron chi connectivity index (χ1n) is 7.33. The first-order valence-corrected chi connectivity index (χ1v) is 7.33. The fraction of sp³-hybridized carbons (Fsp3) is 0.857. The number of hydrogen-bond donors (Lipinski definition) is 1. The van der Waals surface area contributed by atoms with Crippen molar-refractivity contribution in [2.45, 2.75) is 32.5 Å². The van der Waals surface area contributed by atoms with Crippen LogP contribution in [0.5, 0.6) is 0 Å². The molecule has 0 aliphatic carbocycles. The summed E-state index contributed by atoms with van der Waals surface area (Å²) in [6, 6.07) is 0. The molecule has 0 saturated carbocycles. The van der Waals surface area contributed by atoms with E-state index < -0.39 is 12.1 Å². The number of rotatable bonds is 8. The fourth-order valence-electron chi connectivity index (χ4n) is 2.00. The highest BCUT2D eigenvalue weighted by Crippen LogP contribution is 2.06. The summed E-state index contributed by atoms with van der Waals surface area (Å²) in [6.45, 7) is 6.91. The van der Waals surface area contributed by atoms with Gasteiger partial charge in [0.05, 0.1) is 26.4 Å². The molecule has 0 bridgehead atoms. The first-order chi connectivity index (χ1) is 10.0. The van der Waals surface area contributed by atoms with Crippen molar-refractivity contribution in [2.24, 2.45) is 0 Å². The Morgan fingerprint density at radius 1 is 1.43 bits per heavy atom. The van der Waals surface area contributed by atoms with Crippen LogP contribution in [0, 0.1) is 0 Å². The molecule has 0 aromatic rings. The maximum atomic E-state index is 11.8. The number of esters is 1. The van der Waals surface area contributed by atoms with E-state index in [-0.39, 0.29) is 18.6 Å². The van der Waals surface area contributed by atoms with Gasteiger partial charge in [0, 0.05) is 26.2 Å². The molecule has 1 unspecified atom stereocenters. The van der Waals surface area contributed by atoms with E-state index >= 15 is 0 Å². The lowest BCUT2D eigenvalue weighted by atomic mass is 10.2. The van der Waals surface area contributed by atoms with Gasteiger partial charge in [-0.3, -0.25) is 9.69 Å². The SMILES string of the molecule is COC(=O)C1CN(CC(=O)NCCCOC(C)C)CCO1. The lowest BCUT2D eigenvalue weighted by molar-refractivity contribution is -0.160. The molecule has 1 aliphatic heterocycles. The monoisotopic (exact) mass is 302 g/mol. The summed E-state index contributed by atoms with van der Waals surface area (Å²) in [5.41, 5.74) is 0. The third-order valence-electron chi connectivity index (χ3n) is 3.08. The summed E-state index contributed by atoms with van der Waals surface area (Å²) in [7, 11) is 1.33. The van der Waals surface area contributed by atoms with E-state index in [1.165, 1.54) is 7.11 Å². The zero-order valence-corrected chi connectivity index (χ0v) is 13.1. The number of hydrogen-bond acceptors (Lipinski definition) is 6. The normalized spacial score (nSPS) is 19.5. The number of morpholine rings is 1. The molecule has 1 N–H and O–H groups in total. The van der Waals surface area contributed by atoms with Gasteiger partial charge in [0.1, 0.15) is 0 Å². The standard InChI is InChI=1S/C14H26N2O5/c1-11(2)20-7-4-5-15-13(17)10-16-6-8-21-12(9-16)14(18)19-3/h11-12H,4-10H2,1-3H3,(H,15,17). The predicted molar refractivity (Wildman–Crippen MR) is 76.9 cm³/mol. The lowest BCUT2D eigenvalue weighted by Crippen LogP contribution is -2.49. The molecule has 1 amide bonds. The Balaban J connectivity index is 2.17. The van der Waals surface area contributed by atoms with Crippen LogP contribution in [-0.2, 0) is 23.8 Å². The van der Waals surface area contributed by atoms with Crippen molar-refractivity contribution >= 4 is 11.9 Å². The summed E-state index contributed by atoms with van der Waals surface area (Å²) in [4.78, 5) is 25.1. The maximum Gasteiger partial charge on any atom is 0.336 e. The van der Waals surface area contributed by atoms with Crippen LogP contribution in [-0.4, -0.2) is 75.5 Å². The minimum absolute atomic E-state index is 0.0509. The quantitative estimate of drug-likeness (QED) is 0.494. The summed E-state index contributed by atoms with van der Waals surface area (Å²) >= 11 is 0. The molecule has 1 heterocycles. The number of nitrogens with one attached hydrogen (secondary N) is 1. The van der Waals surface area contributed by atoms with Gasteiger partial charge < -0.3 is 19.5 Å². The molecule has 1 aliphatic rings. The van der Waals surface area contributed by atoms with Gasteiger partial charge in [-0.1, -0.05) is 0 Å². The van der Waals surface area contributed by atoms with Crippen molar-refractivity contribution in [2.75, 3.05) is 46.5 Å². The van der Waals surface area contributed by atoms with E-state index in [2.05, 4.69) is 10.1 Å². The highest BCUT2D eigenvalue weighted by Gasteiger charge is 2.28. The molecule has 0 aromatic carbocycles. The Hall–Kier alpha value is -1.18. The highest BCUT2D eigenvalue weighted by atomic mass is 16.6. The van der Waals surface area contributed by atoms with E-state index in [4.69, 9.17) is 9.47 Å². The van der Waals surface area contributed by atoms with Crippen LogP contribution < -0.4 is 5.32 Å². The van der Waals surface area contributed by atoms with Gasteiger partial charge in [-0.05, 0) is 20.3 Å². The zero-order valence-electron chi connectivity index (χ0n) is 13.1. The van der Waals surface area contributed by atoms with Crippen molar-refractivity contribution in [3.8, 4) is 0 Å². The Labute approximate surface area is 125 Å². The number of amides is 1. The smallest absolute Gasteiger partial charge is 0.336 e. The van der Waals surface area contributed by atoms with Crippen molar-refractivity contribution in [1.82, 2.24) is 10.2 Å². The average Bonchev–Trinajstić information content (AvgIpc) is 2.46. The van der Waals surface area contributed by atoms with Crippen molar-refractivity contribution in [1.29, 1.82) is 0 Å². The molecule has 21 heavy (non-hydrogen) atoms. The molecule has 122 valence electrons. The lowest BCUT2D eigenvalue weighted by Gasteiger charge is -2.30. The van der Waals surface area contributed by atoms with Crippen molar-refractivity contribution in [3.63, 3.8) is 0 Å². The number of carbonyl (C=O) groups excluding carboxylic acids is 2. The highest BCUT2D eigenvalue weighted by molar-refractivity contribution is 5.78. The van der Waals surface area contributed by atoms with Crippen LogP contribution in [0.1, 0.15) is 20.3 Å². The molecule has 7 heteroatoms. The topological polar surface area (TPSA) is 77.1 Å². The van der Waals surface area contributed by atoms with Gasteiger partial charge in [0.2, 0.25) is 5.91 Å². The van der Waals surface area contributed by atoms with Crippen molar-refractivity contribution < 1.29 is 23.8 Å². The second kappa shape index (κ2) is 9.70.